The molecule has 0 aromatic carbocycles. The first-order valence-electron chi connectivity index (χ1n) is 10.6. The molecule has 10 unspecified atom stereocenters. The van der Waals surface area contributed by atoms with Crippen LogP contribution in [0, 0.1) is 47.3 Å². The molecule has 0 amide bonds. The third kappa shape index (κ3) is 1.96. The van der Waals surface area contributed by atoms with Crippen molar-refractivity contribution in [3.05, 3.63) is 0 Å². The first-order chi connectivity index (χ1) is 11.4. The fourth-order valence-electron chi connectivity index (χ4n) is 8.66. The third-order valence-electron chi connectivity index (χ3n) is 9.22. The number of fused-ring (bicyclic) bond motifs is 10. The first kappa shape index (κ1) is 14.4. The molecule has 128 valence electrons. The van der Waals surface area contributed by atoms with Crippen LogP contribution in [0.5, 0.6) is 0 Å². The van der Waals surface area contributed by atoms with Gasteiger partial charge in [0.05, 0.1) is 0 Å². The summed E-state index contributed by atoms with van der Waals surface area (Å²) in [5, 5.41) is 0. The van der Waals surface area contributed by atoms with Crippen LogP contribution < -0.4 is 9.44 Å². The molecule has 0 aromatic rings. The van der Waals surface area contributed by atoms with Crippen LogP contribution in [0.4, 0.5) is 0 Å². The Morgan fingerprint density at radius 1 is 0.565 bits per heavy atom. The molecule has 5 saturated carbocycles. The van der Waals surface area contributed by atoms with E-state index in [0.29, 0.717) is 0 Å². The van der Waals surface area contributed by atoms with Crippen molar-refractivity contribution < 1.29 is 0 Å². The van der Waals surface area contributed by atoms with Crippen LogP contribution >= 0.6 is 12.1 Å². The van der Waals surface area contributed by atoms with Crippen LogP contribution in [-0.4, -0.2) is 12.1 Å². The maximum Gasteiger partial charge on any atom is 0.0383 e. The molecule has 1 aliphatic heterocycles. The van der Waals surface area contributed by atoms with Crippen molar-refractivity contribution in [1.82, 2.24) is 9.44 Å². The van der Waals surface area contributed by atoms with Crippen molar-refractivity contribution in [2.24, 2.45) is 47.3 Å². The summed E-state index contributed by atoms with van der Waals surface area (Å²) in [7, 11) is 0. The van der Waals surface area contributed by atoms with Crippen molar-refractivity contribution in [2.75, 3.05) is 0 Å². The quantitative estimate of drug-likeness (QED) is 0.644. The number of rotatable bonds is 0. The van der Waals surface area contributed by atoms with Crippen molar-refractivity contribution >= 4 is 12.1 Å². The van der Waals surface area contributed by atoms with Gasteiger partial charge in [0.1, 0.15) is 0 Å². The van der Waals surface area contributed by atoms with E-state index in [1.54, 1.807) is 38.5 Å². The highest BCUT2D eigenvalue weighted by Gasteiger charge is 2.63. The first-order valence-corrected chi connectivity index (χ1v) is 11.4. The standard InChI is InChI=1S/C20H32N2S/c1-3-7-13-11(5-1)9-15-16-10-12-6-2-4-8-14(12)18(16)20-19(17(13)15)21-23-22-20/h11-22H,1-10H2. The van der Waals surface area contributed by atoms with Gasteiger partial charge in [-0.2, -0.15) is 0 Å². The Morgan fingerprint density at radius 2 is 1.04 bits per heavy atom. The molecule has 1 saturated heterocycles. The lowest BCUT2D eigenvalue weighted by molar-refractivity contribution is 0.0415. The predicted molar refractivity (Wildman–Crippen MR) is 95.5 cm³/mol. The Balaban J connectivity index is 1.38. The van der Waals surface area contributed by atoms with Gasteiger partial charge in [-0.25, -0.2) is 9.44 Å². The lowest BCUT2D eigenvalue weighted by Gasteiger charge is -2.47. The van der Waals surface area contributed by atoms with E-state index >= 15 is 0 Å². The molecule has 2 nitrogen and oxygen atoms in total. The Morgan fingerprint density at radius 3 is 1.57 bits per heavy atom. The van der Waals surface area contributed by atoms with Gasteiger partial charge in [-0.1, -0.05) is 38.5 Å². The highest BCUT2D eigenvalue weighted by Crippen LogP contribution is 2.64. The zero-order valence-corrected chi connectivity index (χ0v) is 15.1. The maximum absolute atomic E-state index is 3.88. The van der Waals surface area contributed by atoms with E-state index in [9.17, 15) is 0 Å². The Hall–Kier alpha value is 0.270. The SMILES string of the molecule is C1CCC2C(C1)CC1C3CC4CCCCC4C3C3NSNC3C21. The van der Waals surface area contributed by atoms with Crippen molar-refractivity contribution in [1.29, 1.82) is 0 Å². The smallest absolute Gasteiger partial charge is 0.0383 e. The van der Waals surface area contributed by atoms with Crippen LogP contribution in [0.15, 0.2) is 0 Å². The van der Waals surface area contributed by atoms with Crippen LogP contribution in [0.25, 0.3) is 0 Å². The van der Waals surface area contributed by atoms with Gasteiger partial charge in [0.15, 0.2) is 0 Å². The topological polar surface area (TPSA) is 24.1 Å². The summed E-state index contributed by atoms with van der Waals surface area (Å²) in [6.45, 7) is 0. The number of hydrogen-bond acceptors (Lipinski definition) is 3. The average molecular weight is 333 g/mol. The molecule has 1 heterocycles. The molecule has 0 radical (unpaired) electrons. The van der Waals surface area contributed by atoms with Crippen molar-refractivity contribution in [3.8, 4) is 0 Å². The lowest BCUT2D eigenvalue weighted by atomic mass is 9.60. The molecular formula is C20H32N2S. The lowest BCUT2D eigenvalue weighted by Crippen LogP contribution is -2.56. The zero-order valence-electron chi connectivity index (χ0n) is 14.3. The molecule has 6 aliphatic rings. The van der Waals surface area contributed by atoms with Crippen LogP contribution in [-0.2, 0) is 0 Å². The van der Waals surface area contributed by atoms with E-state index in [2.05, 4.69) is 9.44 Å². The van der Waals surface area contributed by atoms with Crippen LogP contribution in [0.1, 0.15) is 64.2 Å². The fourth-order valence-corrected chi connectivity index (χ4v) is 9.61. The molecule has 0 bridgehead atoms. The van der Waals surface area contributed by atoms with E-state index in [0.717, 1.165) is 59.4 Å². The fraction of sp³-hybridized carbons (Fsp3) is 1.00. The summed E-state index contributed by atoms with van der Waals surface area (Å²) in [4.78, 5) is 0. The highest BCUT2D eigenvalue weighted by molar-refractivity contribution is 7.95. The van der Waals surface area contributed by atoms with Crippen LogP contribution in [0.3, 0.4) is 0 Å². The molecule has 5 aliphatic carbocycles. The third-order valence-corrected chi connectivity index (χ3v) is 10.00. The zero-order chi connectivity index (χ0) is 15.0. The van der Waals surface area contributed by atoms with E-state index in [4.69, 9.17) is 0 Å². The van der Waals surface area contributed by atoms with E-state index in [1.165, 1.54) is 25.7 Å². The molecule has 3 heteroatoms. The number of hydrogen-bond donors (Lipinski definition) is 2. The number of nitrogens with one attached hydrogen (secondary N) is 2. The van der Waals surface area contributed by atoms with Gasteiger partial charge in [0.2, 0.25) is 0 Å². The summed E-state index contributed by atoms with van der Waals surface area (Å²) < 4.78 is 7.75. The Labute approximate surface area is 145 Å². The van der Waals surface area contributed by atoms with E-state index in [-0.39, 0.29) is 0 Å². The summed E-state index contributed by atoms with van der Waals surface area (Å²) in [5.74, 6) is 8.49. The highest BCUT2D eigenvalue weighted by atomic mass is 32.2. The van der Waals surface area contributed by atoms with Crippen LogP contribution in [0.2, 0.25) is 0 Å². The summed E-state index contributed by atoms with van der Waals surface area (Å²) in [6, 6.07) is 1.58. The van der Waals surface area contributed by atoms with Gasteiger partial charge in [-0.15, -0.1) is 0 Å². The molecular weight excluding hydrogens is 300 g/mol. The van der Waals surface area contributed by atoms with E-state index in [1.807, 2.05) is 12.1 Å². The monoisotopic (exact) mass is 332 g/mol. The minimum atomic E-state index is 0.792. The maximum atomic E-state index is 3.88. The molecule has 10 atom stereocenters. The molecule has 23 heavy (non-hydrogen) atoms. The average Bonchev–Trinajstić information content (AvgIpc) is 3.28. The van der Waals surface area contributed by atoms with Gasteiger partial charge >= 0.3 is 0 Å². The van der Waals surface area contributed by atoms with Gasteiger partial charge in [0, 0.05) is 24.2 Å². The summed E-state index contributed by atoms with van der Waals surface area (Å²) in [5.41, 5.74) is 0. The van der Waals surface area contributed by atoms with Gasteiger partial charge < -0.3 is 0 Å². The minimum Gasteiger partial charge on any atom is -0.246 e. The molecule has 0 aromatic heterocycles. The molecule has 0 spiro atoms. The Bertz CT molecular complexity index is 440. The van der Waals surface area contributed by atoms with Gasteiger partial charge in [-0.3, -0.25) is 0 Å². The molecule has 6 fully saturated rings. The van der Waals surface area contributed by atoms with Gasteiger partial charge in [-0.05, 0) is 73.0 Å². The second-order valence-corrected chi connectivity index (χ2v) is 10.4. The summed E-state index contributed by atoms with van der Waals surface area (Å²) >= 11 is 1.86. The van der Waals surface area contributed by atoms with Crippen molar-refractivity contribution in [3.63, 3.8) is 0 Å². The van der Waals surface area contributed by atoms with Gasteiger partial charge in [0.25, 0.3) is 0 Å². The summed E-state index contributed by atoms with van der Waals surface area (Å²) in [6.07, 6.45) is 15.5. The molecule has 6 rings (SSSR count). The van der Waals surface area contributed by atoms with Crippen molar-refractivity contribution in [2.45, 2.75) is 76.3 Å². The van der Waals surface area contributed by atoms with E-state index < -0.39 is 0 Å². The normalized spacial score (nSPS) is 60.5. The minimum absolute atomic E-state index is 0.792. The predicted octanol–water partition coefficient (Wildman–Crippen LogP) is 4.38. The second kappa shape index (κ2) is 5.38. The Kier molecular flexibility index (Phi) is 3.38. The largest absolute Gasteiger partial charge is 0.246 e. The molecule has 2 N–H and O–H groups in total. The second-order valence-electron chi connectivity index (χ2n) is 9.76.